The molecule has 0 aromatic heterocycles. The predicted octanol–water partition coefficient (Wildman–Crippen LogP) is 1.61. The maximum Gasteiger partial charge on any atom is 0.305 e. The van der Waals surface area contributed by atoms with Crippen LogP contribution in [0.1, 0.15) is 24.8 Å². The predicted molar refractivity (Wildman–Crippen MR) is 71.2 cm³/mol. The molecule has 0 aliphatic heterocycles. The highest BCUT2D eigenvalue weighted by atomic mass is 16.5. The molecular weight excluding hydrogens is 246 g/mol. The fourth-order valence-electron chi connectivity index (χ4n) is 1.64. The molecule has 0 fully saturated rings. The Balaban J connectivity index is 2.18. The molecule has 19 heavy (non-hydrogen) atoms. The van der Waals surface area contributed by atoms with E-state index in [1.807, 2.05) is 24.3 Å². The zero-order valence-electron chi connectivity index (χ0n) is 11.0. The Kier molecular flexibility index (Phi) is 6.43. The number of carbonyl (C=O) groups is 2. The number of hydrogen-bond acceptors (Lipinski definition) is 3. The van der Waals surface area contributed by atoms with E-state index in [1.54, 1.807) is 7.11 Å². The minimum atomic E-state index is -0.904. The van der Waals surface area contributed by atoms with Crippen LogP contribution in [0.3, 0.4) is 0 Å². The van der Waals surface area contributed by atoms with Gasteiger partial charge in [0, 0.05) is 13.0 Å². The van der Waals surface area contributed by atoms with Gasteiger partial charge >= 0.3 is 5.97 Å². The molecule has 2 N–H and O–H groups in total. The maximum absolute atomic E-state index is 11.4. The van der Waals surface area contributed by atoms with Crippen LogP contribution in [0.2, 0.25) is 0 Å². The lowest BCUT2D eigenvalue weighted by molar-refractivity contribution is -0.136. The molecule has 0 unspecified atom stereocenters. The number of aryl methyl sites for hydroxylation is 1. The summed E-state index contributed by atoms with van der Waals surface area (Å²) < 4.78 is 5.06. The molecule has 1 rings (SSSR count). The summed E-state index contributed by atoms with van der Waals surface area (Å²) in [4.78, 5) is 21.7. The van der Waals surface area contributed by atoms with Crippen molar-refractivity contribution in [3.63, 3.8) is 0 Å². The van der Waals surface area contributed by atoms with E-state index in [9.17, 15) is 9.59 Å². The van der Waals surface area contributed by atoms with E-state index in [0.717, 1.165) is 24.2 Å². The number of amides is 1. The SMILES string of the molecule is COc1ccc(CCCC(=O)NCCC(=O)O)cc1. The van der Waals surface area contributed by atoms with E-state index < -0.39 is 5.97 Å². The van der Waals surface area contributed by atoms with E-state index in [4.69, 9.17) is 9.84 Å². The van der Waals surface area contributed by atoms with Gasteiger partial charge in [-0.25, -0.2) is 0 Å². The minimum Gasteiger partial charge on any atom is -0.497 e. The van der Waals surface area contributed by atoms with Gasteiger partial charge in [0.15, 0.2) is 0 Å². The van der Waals surface area contributed by atoms with Crippen molar-refractivity contribution in [3.8, 4) is 5.75 Å². The number of carbonyl (C=O) groups excluding carboxylic acids is 1. The molecule has 0 heterocycles. The first-order valence-electron chi connectivity index (χ1n) is 6.23. The molecule has 5 heteroatoms. The quantitative estimate of drug-likeness (QED) is 0.748. The van der Waals surface area contributed by atoms with E-state index in [-0.39, 0.29) is 18.9 Å². The zero-order valence-corrected chi connectivity index (χ0v) is 11.0. The lowest BCUT2D eigenvalue weighted by Crippen LogP contribution is -2.25. The second-order valence-electron chi connectivity index (χ2n) is 4.20. The van der Waals surface area contributed by atoms with E-state index in [0.29, 0.717) is 6.42 Å². The van der Waals surface area contributed by atoms with Crippen molar-refractivity contribution in [3.05, 3.63) is 29.8 Å². The maximum atomic E-state index is 11.4. The molecule has 0 spiro atoms. The molecule has 0 atom stereocenters. The Labute approximate surface area is 112 Å². The average Bonchev–Trinajstić information content (AvgIpc) is 2.39. The van der Waals surface area contributed by atoms with Gasteiger partial charge in [-0.3, -0.25) is 9.59 Å². The summed E-state index contributed by atoms with van der Waals surface area (Å²) in [5, 5.41) is 11.0. The third kappa shape index (κ3) is 6.45. The Morgan fingerprint density at radius 1 is 1.21 bits per heavy atom. The number of benzene rings is 1. The standard InChI is InChI=1S/C14H19NO4/c1-19-12-7-5-11(6-8-12)3-2-4-13(16)15-10-9-14(17)18/h5-8H,2-4,9-10H2,1H3,(H,15,16)(H,17,18). The lowest BCUT2D eigenvalue weighted by atomic mass is 10.1. The normalized spacial score (nSPS) is 9.95. The Hall–Kier alpha value is -2.04. The molecule has 0 bridgehead atoms. The number of carboxylic acids is 1. The third-order valence-electron chi connectivity index (χ3n) is 2.69. The van der Waals surface area contributed by atoms with Crippen molar-refractivity contribution in [1.29, 1.82) is 0 Å². The monoisotopic (exact) mass is 265 g/mol. The van der Waals surface area contributed by atoms with Gasteiger partial charge in [0.05, 0.1) is 13.5 Å². The van der Waals surface area contributed by atoms with Crippen LogP contribution in [0.25, 0.3) is 0 Å². The van der Waals surface area contributed by atoms with Gasteiger partial charge in [-0.05, 0) is 30.5 Å². The Morgan fingerprint density at radius 2 is 1.89 bits per heavy atom. The summed E-state index contributed by atoms with van der Waals surface area (Å²) in [5.74, 6) is -0.191. The Morgan fingerprint density at radius 3 is 2.47 bits per heavy atom. The smallest absolute Gasteiger partial charge is 0.305 e. The first kappa shape index (κ1) is 15.0. The average molecular weight is 265 g/mol. The van der Waals surface area contributed by atoms with Crippen molar-refractivity contribution in [2.45, 2.75) is 25.7 Å². The van der Waals surface area contributed by atoms with Crippen LogP contribution < -0.4 is 10.1 Å². The van der Waals surface area contributed by atoms with Crippen molar-refractivity contribution in [1.82, 2.24) is 5.32 Å². The summed E-state index contributed by atoms with van der Waals surface area (Å²) in [7, 11) is 1.62. The number of rotatable bonds is 8. The molecule has 0 saturated heterocycles. The first-order valence-corrected chi connectivity index (χ1v) is 6.23. The molecular formula is C14H19NO4. The highest BCUT2D eigenvalue weighted by molar-refractivity contribution is 5.76. The second-order valence-corrected chi connectivity index (χ2v) is 4.20. The van der Waals surface area contributed by atoms with Crippen LogP contribution >= 0.6 is 0 Å². The van der Waals surface area contributed by atoms with Gasteiger partial charge in [-0.2, -0.15) is 0 Å². The highest BCUT2D eigenvalue weighted by Gasteiger charge is 2.03. The largest absolute Gasteiger partial charge is 0.497 e. The van der Waals surface area contributed by atoms with Crippen LogP contribution in [0.5, 0.6) is 5.75 Å². The van der Waals surface area contributed by atoms with Crippen molar-refractivity contribution >= 4 is 11.9 Å². The molecule has 1 aromatic rings. The molecule has 1 aromatic carbocycles. The van der Waals surface area contributed by atoms with Crippen LogP contribution in [-0.2, 0) is 16.0 Å². The molecule has 0 saturated carbocycles. The van der Waals surface area contributed by atoms with Crippen LogP contribution in [0.4, 0.5) is 0 Å². The highest BCUT2D eigenvalue weighted by Crippen LogP contribution is 2.13. The topological polar surface area (TPSA) is 75.6 Å². The summed E-state index contributed by atoms with van der Waals surface area (Å²) in [6.45, 7) is 0.191. The fourth-order valence-corrected chi connectivity index (χ4v) is 1.64. The molecule has 104 valence electrons. The lowest BCUT2D eigenvalue weighted by Gasteiger charge is -2.05. The van der Waals surface area contributed by atoms with Gasteiger partial charge in [0.1, 0.15) is 5.75 Å². The van der Waals surface area contributed by atoms with Crippen molar-refractivity contribution in [2.24, 2.45) is 0 Å². The molecule has 0 radical (unpaired) electrons. The molecule has 0 aliphatic carbocycles. The summed E-state index contributed by atoms with van der Waals surface area (Å²) >= 11 is 0. The summed E-state index contributed by atoms with van der Waals surface area (Å²) in [6.07, 6.45) is 1.93. The van der Waals surface area contributed by atoms with Crippen LogP contribution in [-0.4, -0.2) is 30.6 Å². The molecule has 0 aliphatic rings. The second kappa shape index (κ2) is 8.13. The first-order chi connectivity index (χ1) is 9.11. The number of aliphatic carboxylic acids is 1. The number of nitrogens with one attached hydrogen (secondary N) is 1. The van der Waals surface area contributed by atoms with Crippen molar-refractivity contribution < 1.29 is 19.4 Å². The minimum absolute atomic E-state index is 0.0375. The molecule has 1 amide bonds. The van der Waals surface area contributed by atoms with Gasteiger partial charge in [-0.1, -0.05) is 12.1 Å². The Bertz CT molecular complexity index is 414. The van der Waals surface area contributed by atoms with Gasteiger partial charge < -0.3 is 15.2 Å². The summed E-state index contributed by atoms with van der Waals surface area (Å²) in [6, 6.07) is 7.73. The zero-order chi connectivity index (χ0) is 14.1. The fraction of sp³-hybridized carbons (Fsp3) is 0.429. The van der Waals surface area contributed by atoms with Crippen molar-refractivity contribution in [2.75, 3.05) is 13.7 Å². The van der Waals surface area contributed by atoms with Crippen LogP contribution in [0.15, 0.2) is 24.3 Å². The van der Waals surface area contributed by atoms with Gasteiger partial charge in [-0.15, -0.1) is 0 Å². The number of methoxy groups -OCH3 is 1. The third-order valence-corrected chi connectivity index (χ3v) is 2.69. The van der Waals surface area contributed by atoms with Gasteiger partial charge in [0.2, 0.25) is 5.91 Å². The number of hydrogen-bond donors (Lipinski definition) is 2. The van der Waals surface area contributed by atoms with E-state index in [1.165, 1.54) is 0 Å². The number of carboxylic acid groups (broad SMARTS) is 1. The van der Waals surface area contributed by atoms with Crippen LogP contribution in [0, 0.1) is 0 Å². The molecule has 5 nitrogen and oxygen atoms in total. The van der Waals surface area contributed by atoms with E-state index >= 15 is 0 Å². The summed E-state index contributed by atoms with van der Waals surface area (Å²) in [5.41, 5.74) is 1.15. The van der Waals surface area contributed by atoms with Gasteiger partial charge in [0.25, 0.3) is 0 Å². The number of ether oxygens (including phenoxy) is 1. The van der Waals surface area contributed by atoms with E-state index in [2.05, 4.69) is 5.32 Å².